The highest BCUT2D eigenvalue weighted by atomic mass is 16.3. The highest BCUT2D eigenvalue weighted by Gasteiger charge is 2.33. The molecule has 1 N–H and O–H groups in total. The second-order valence-electron chi connectivity index (χ2n) is 7.36. The summed E-state index contributed by atoms with van der Waals surface area (Å²) in [6.45, 7) is 8.72. The van der Waals surface area contributed by atoms with Crippen LogP contribution in [0, 0.1) is 6.92 Å². The van der Waals surface area contributed by atoms with Gasteiger partial charge in [-0.3, -0.25) is 4.90 Å². The van der Waals surface area contributed by atoms with E-state index in [1.165, 1.54) is 16.5 Å². The van der Waals surface area contributed by atoms with Gasteiger partial charge in [-0.2, -0.15) is 0 Å². The minimum atomic E-state index is 0.145. The Morgan fingerprint density at radius 3 is 2.72 bits per heavy atom. The van der Waals surface area contributed by atoms with Crippen LogP contribution in [0.1, 0.15) is 36.8 Å². The summed E-state index contributed by atoms with van der Waals surface area (Å²) in [5.41, 5.74) is 3.56. The number of rotatable bonds is 3. The summed E-state index contributed by atoms with van der Waals surface area (Å²) in [6.07, 6.45) is 0. The SMILES string of the molecule is Cc1cccc(C(c2cc3ccccc3o2)N2C[C@@H](C)NC[C@@H]2C)c1. The van der Waals surface area contributed by atoms with Crippen LogP contribution in [0.25, 0.3) is 11.0 Å². The first kappa shape index (κ1) is 16.4. The third-order valence-electron chi connectivity index (χ3n) is 5.22. The molecule has 3 aromatic rings. The number of nitrogens with one attached hydrogen (secondary N) is 1. The maximum Gasteiger partial charge on any atom is 0.134 e. The van der Waals surface area contributed by atoms with Gasteiger partial charge in [0.25, 0.3) is 0 Å². The number of piperazine rings is 1. The number of aryl methyl sites for hydroxylation is 1. The quantitative estimate of drug-likeness (QED) is 0.764. The number of benzene rings is 2. The fraction of sp³-hybridized carbons (Fsp3) is 0.364. The van der Waals surface area contributed by atoms with E-state index in [1.54, 1.807) is 0 Å². The fourth-order valence-electron chi connectivity index (χ4n) is 3.91. The van der Waals surface area contributed by atoms with Crippen molar-refractivity contribution in [3.63, 3.8) is 0 Å². The van der Waals surface area contributed by atoms with E-state index in [2.05, 4.69) is 79.5 Å². The fourth-order valence-corrected chi connectivity index (χ4v) is 3.91. The van der Waals surface area contributed by atoms with Crippen LogP contribution >= 0.6 is 0 Å². The average molecular weight is 334 g/mol. The van der Waals surface area contributed by atoms with Gasteiger partial charge in [-0.1, -0.05) is 48.0 Å². The first-order valence-corrected chi connectivity index (χ1v) is 9.16. The molecule has 0 radical (unpaired) electrons. The van der Waals surface area contributed by atoms with E-state index in [1.807, 2.05) is 6.07 Å². The number of fused-ring (bicyclic) bond motifs is 1. The van der Waals surface area contributed by atoms with Crippen LogP contribution in [-0.4, -0.2) is 30.1 Å². The summed E-state index contributed by atoms with van der Waals surface area (Å²) in [5, 5.41) is 4.76. The molecule has 0 aliphatic carbocycles. The maximum atomic E-state index is 6.30. The summed E-state index contributed by atoms with van der Waals surface area (Å²) in [5.74, 6) is 1.03. The van der Waals surface area contributed by atoms with Crippen molar-refractivity contribution >= 4 is 11.0 Å². The van der Waals surface area contributed by atoms with Gasteiger partial charge in [-0.15, -0.1) is 0 Å². The standard InChI is InChI=1S/C22H26N2O/c1-15-7-6-9-19(11-15)22(24-14-16(2)23-13-17(24)3)21-12-18-8-4-5-10-20(18)25-21/h4-12,16-17,22-23H,13-14H2,1-3H3/t16-,17+,22?/m1/s1. The second kappa shape index (κ2) is 6.66. The van der Waals surface area contributed by atoms with E-state index < -0.39 is 0 Å². The highest BCUT2D eigenvalue weighted by molar-refractivity contribution is 5.78. The van der Waals surface area contributed by atoms with Gasteiger partial charge < -0.3 is 9.73 Å². The van der Waals surface area contributed by atoms with Gasteiger partial charge in [0.1, 0.15) is 11.3 Å². The number of nitrogens with zero attached hydrogens (tertiary/aromatic N) is 1. The monoisotopic (exact) mass is 334 g/mol. The first-order valence-electron chi connectivity index (χ1n) is 9.16. The molecule has 2 aromatic carbocycles. The molecule has 130 valence electrons. The maximum absolute atomic E-state index is 6.30. The first-order chi connectivity index (χ1) is 12.1. The third-order valence-corrected chi connectivity index (χ3v) is 5.22. The molecule has 1 aliphatic heterocycles. The molecular weight excluding hydrogens is 308 g/mol. The van der Waals surface area contributed by atoms with Crippen molar-refractivity contribution in [3.05, 3.63) is 71.5 Å². The van der Waals surface area contributed by atoms with E-state index in [-0.39, 0.29) is 6.04 Å². The van der Waals surface area contributed by atoms with E-state index in [0.717, 1.165) is 24.4 Å². The van der Waals surface area contributed by atoms with Crippen LogP contribution < -0.4 is 5.32 Å². The van der Waals surface area contributed by atoms with Gasteiger partial charge in [-0.05, 0) is 38.5 Å². The predicted molar refractivity (Wildman–Crippen MR) is 103 cm³/mol. The van der Waals surface area contributed by atoms with Gasteiger partial charge in [0, 0.05) is 30.6 Å². The van der Waals surface area contributed by atoms with Gasteiger partial charge in [-0.25, -0.2) is 0 Å². The van der Waals surface area contributed by atoms with Crippen LogP contribution in [0.5, 0.6) is 0 Å². The van der Waals surface area contributed by atoms with Crippen molar-refractivity contribution in [2.75, 3.05) is 13.1 Å². The van der Waals surface area contributed by atoms with E-state index >= 15 is 0 Å². The number of hydrogen-bond donors (Lipinski definition) is 1. The molecule has 1 unspecified atom stereocenters. The third kappa shape index (κ3) is 3.22. The van der Waals surface area contributed by atoms with Crippen molar-refractivity contribution < 1.29 is 4.42 Å². The van der Waals surface area contributed by atoms with Crippen molar-refractivity contribution in [2.24, 2.45) is 0 Å². The topological polar surface area (TPSA) is 28.4 Å². The Labute approximate surface area is 149 Å². The lowest BCUT2D eigenvalue weighted by Gasteiger charge is -2.42. The van der Waals surface area contributed by atoms with E-state index in [9.17, 15) is 0 Å². The minimum Gasteiger partial charge on any atom is -0.459 e. The Hall–Kier alpha value is -2.10. The molecule has 0 spiro atoms. The Balaban J connectivity index is 1.82. The Bertz CT molecular complexity index is 836. The normalized spacial score (nSPS) is 23.0. The molecule has 3 nitrogen and oxygen atoms in total. The highest BCUT2D eigenvalue weighted by Crippen LogP contribution is 2.35. The van der Waals surface area contributed by atoms with E-state index in [4.69, 9.17) is 4.42 Å². The van der Waals surface area contributed by atoms with Crippen LogP contribution in [0.2, 0.25) is 0 Å². The van der Waals surface area contributed by atoms with Crippen LogP contribution in [0.4, 0.5) is 0 Å². The number of hydrogen-bond acceptors (Lipinski definition) is 3. The summed E-state index contributed by atoms with van der Waals surface area (Å²) in [4.78, 5) is 2.58. The zero-order chi connectivity index (χ0) is 17.4. The minimum absolute atomic E-state index is 0.145. The largest absolute Gasteiger partial charge is 0.459 e. The summed E-state index contributed by atoms with van der Waals surface area (Å²) < 4.78 is 6.30. The smallest absolute Gasteiger partial charge is 0.134 e. The van der Waals surface area contributed by atoms with Crippen LogP contribution in [0.3, 0.4) is 0 Å². The lowest BCUT2D eigenvalue weighted by Crippen LogP contribution is -2.55. The summed E-state index contributed by atoms with van der Waals surface area (Å²) >= 11 is 0. The molecule has 1 aromatic heterocycles. The molecule has 25 heavy (non-hydrogen) atoms. The van der Waals surface area contributed by atoms with Crippen molar-refractivity contribution in [2.45, 2.75) is 38.9 Å². The summed E-state index contributed by atoms with van der Waals surface area (Å²) in [6, 6.07) is 20.4. The molecule has 1 fully saturated rings. The molecule has 3 heteroatoms. The Morgan fingerprint density at radius 2 is 1.92 bits per heavy atom. The molecule has 0 amide bonds. The van der Waals surface area contributed by atoms with Gasteiger partial charge in [0.05, 0.1) is 6.04 Å². The van der Waals surface area contributed by atoms with Crippen molar-refractivity contribution in [3.8, 4) is 0 Å². The van der Waals surface area contributed by atoms with Crippen LogP contribution in [0.15, 0.2) is 59.0 Å². The molecule has 4 rings (SSSR count). The average Bonchev–Trinajstić information content (AvgIpc) is 3.02. The summed E-state index contributed by atoms with van der Waals surface area (Å²) in [7, 11) is 0. The Kier molecular flexibility index (Phi) is 4.36. The molecule has 1 aliphatic rings. The van der Waals surface area contributed by atoms with Crippen LogP contribution in [-0.2, 0) is 0 Å². The number of furan rings is 1. The van der Waals surface area contributed by atoms with Gasteiger partial charge in [0.15, 0.2) is 0 Å². The zero-order valence-electron chi connectivity index (χ0n) is 15.2. The van der Waals surface area contributed by atoms with Gasteiger partial charge >= 0.3 is 0 Å². The molecule has 2 heterocycles. The zero-order valence-corrected chi connectivity index (χ0v) is 15.2. The molecule has 1 saturated heterocycles. The molecule has 0 bridgehead atoms. The van der Waals surface area contributed by atoms with Crippen molar-refractivity contribution in [1.29, 1.82) is 0 Å². The Morgan fingerprint density at radius 1 is 1.08 bits per heavy atom. The number of para-hydroxylation sites is 1. The van der Waals surface area contributed by atoms with E-state index in [0.29, 0.717) is 12.1 Å². The lowest BCUT2D eigenvalue weighted by molar-refractivity contribution is 0.103. The molecular formula is C22H26N2O. The lowest BCUT2D eigenvalue weighted by atomic mass is 9.97. The van der Waals surface area contributed by atoms with Gasteiger partial charge in [0.2, 0.25) is 0 Å². The predicted octanol–water partition coefficient (Wildman–Crippen LogP) is 4.51. The second-order valence-corrected chi connectivity index (χ2v) is 7.36. The molecule has 3 atom stereocenters. The molecule has 0 saturated carbocycles. The van der Waals surface area contributed by atoms with Crippen molar-refractivity contribution in [1.82, 2.24) is 10.2 Å².